The van der Waals surface area contributed by atoms with Gasteiger partial charge in [-0.3, -0.25) is 14.5 Å². The van der Waals surface area contributed by atoms with Crippen molar-refractivity contribution in [2.24, 2.45) is 5.92 Å². The van der Waals surface area contributed by atoms with Gasteiger partial charge in [0.25, 0.3) is 0 Å². The third-order valence-electron chi connectivity index (χ3n) is 7.31. The summed E-state index contributed by atoms with van der Waals surface area (Å²) in [5.41, 5.74) is 2.78. The number of halogens is 1. The molecule has 34 heavy (non-hydrogen) atoms. The highest BCUT2D eigenvalue weighted by Crippen LogP contribution is 2.26. The van der Waals surface area contributed by atoms with Crippen molar-refractivity contribution in [3.63, 3.8) is 0 Å². The fourth-order valence-corrected chi connectivity index (χ4v) is 5.24. The van der Waals surface area contributed by atoms with Crippen molar-refractivity contribution in [3.05, 3.63) is 65.5 Å². The molecule has 1 saturated heterocycles. The Morgan fingerprint density at radius 3 is 2.50 bits per heavy atom. The predicted molar refractivity (Wildman–Crippen MR) is 133 cm³/mol. The summed E-state index contributed by atoms with van der Waals surface area (Å²) < 4.78 is 13.1. The van der Waals surface area contributed by atoms with Gasteiger partial charge in [0.2, 0.25) is 11.8 Å². The van der Waals surface area contributed by atoms with Gasteiger partial charge in [-0.25, -0.2) is 4.39 Å². The lowest BCUT2D eigenvalue weighted by Crippen LogP contribution is -2.44. The highest BCUT2D eigenvalue weighted by atomic mass is 19.1. The van der Waals surface area contributed by atoms with E-state index in [-0.39, 0.29) is 30.0 Å². The molecule has 2 amide bonds. The van der Waals surface area contributed by atoms with Crippen LogP contribution in [0.15, 0.2) is 48.5 Å². The summed E-state index contributed by atoms with van der Waals surface area (Å²) >= 11 is 0. The summed E-state index contributed by atoms with van der Waals surface area (Å²) in [7, 11) is 2.18. The maximum absolute atomic E-state index is 13.2. The molecule has 5 nitrogen and oxygen atoms in total. The van der Waals surface area contributed by atoms with Gasteiger partial charge in [-0.1, -0.05) is 49.6 Å². The number of likely N-dealkylation sites (tertiary alicyclic amines) is 1. The Morgan fingerprint density at radius 2 is 1.74 bits per heavy atom. The number of carbonyl (C=O) groups is 2. The molecule has 0 bridgehead atoms. The summed E-state index contributed by atoms with van der Waals surface area (Å²) in [6.45, 7) is 1.90. The molecule has 1 aliphatic carbocycles. The molecule has 1 unspecified atom stereocenters. The molecule has 182 valence electrons. The number of hydrogen-bond donors (Lipinski definition) is 1. The largest absolute Gasteiger partial charge is 0.342 e. The minimum atomic E-state index is -0.309. The number of nitrogens with zero attached hydrogens (tertiary/aromatic N) is 2. The van der Waals surface area contributed by atoms with Crippen molar-refractivity contribution in [2.75, 3.05) is 25.5 Å². The van der Waals surface area contributed by atoms with Crippen molar-refractivity contribution in [1.29, 1.82) is 0 Å². The van der Waals surface area contributed by atoms with Gasteiger partial charge in [0, 0.05) is 31.4 Å². The number of benzene rings is 2. The molecule has 4 rings (SSSR count). The zero-order valence-electron chi connectivity index (χ0n) is 20.1. The summed E-state index contributed by atoms with van der Waals surface area (Å²) in [5, 5.41) is 3.16. The van der Waals surface area contributed by atoms with Crippen LogP contribution in [0.4, 0.5) is 10.1 Å². The quantitative estimate of drug-likeness (QED) is 0.625. The van der Waals surface area contributed by atoms with Crippen LogP contribution in [0.2, 0.25) is 0 Å². The third kappa shape index (κ3) is 6.44. The standard InChI is InChI=1S/C28H36FN3O2/c1-31(25-10-3-2-4-11-25)19-22-8-5-6-12-26(22)30-28(34)23-9-7-17-32(20-23)27(33)18-21-13-15-24(29)16-14-21/h5-6,8,12-16,23,25H,2-4,7,9-11,17-20H2,1H3,(H,30,34). The Labute approximate surface area is 202 Å². The summed E-state index contributed by atoms with van der Waals surface area (Å²) in [6.07, 6.45) is 8.23. The van der Waals surface area contributed by atoms with Gasteiger partial charge in [-0.15, -0.1) is 0 Å². The Bertz CT molecular complexity index is 972. The molecule has 1 atom stereocenters. The second-order valence-corrected chi connectivity index (χ2v) is 9.84. The SMILES string of the molecule is CN(Cc1ccccc1NC(=O)C1CCCN(C(=O)Cc2ccc(F)cc2)C1)C1CCCCC1. The number of nitrogens with one attached hydrogen (secondary N) is 1. The molecule has 2 aromatic carbocycles. The molecule has 2 aliphatic rings. The van der Waals surface area contributed by atoms with E-state index < -0.39 is 0 Å². The molecular weight excluding hydrogens is 429 g/mol. The average molecular weight is 466 g/mol. The number of anilines is 1. The highest BCUT2D eigenvalue weighted by molar-refractivity contribution is 5.94. The first kappa shape index (κ1) is 24.4. The topological polar surface area (TPSA) is 52.7 Å². The molecule has 1 heterocycles. The summed E-state index contributed by atoms with van der Waals surface area (Å²) in [6, 6.07) is 14.7. The van der Waals surface area contributed by atoms with Crippen LogP contribution < -0.4 is 5.32 Å². The molecule has 0 spiro atoms. The molecule has 1 saturated carbocycles. The van der Waals surface area contributed by atoms with Gasteiger partial charge in [-0.2, -0.15) is 0 Å². The van der Waals surface area contributed by atoms with Gasteiger partial charge in [0.1, 0.15) is 5.82 Å². The van der Waals surface area contributed by atoms with Crippen molar-refractivity contribution in [3.8, 4) is 0 Å². The van der Waals surface area contributed by atoms with Crippen LogP contribution in [-0.2, 0) is 22.6 Å². The number of hydrogen-bond acceptors (Lipinski definition) is 3. The minimum Gasteiger partial charge on any atom is -0.342 e. The average Bonchev–Trinajstić information content (AvgIpc) is 2.87. The fourth-order valence-electron chi connectivity index (χ4n) is 5.24. The number of para-hydroxylation sites is 1. The van der Waals surface area contributed by atoms with E-state index in [9.17, 15) is 14.0 Å². The van der Waals surface area contributed by atoms with Crippen molar-refractivity contribution >= 4 is 17.5 Å². The van der Waals surface area contributed by atoms with Crippen LogP contribution in [0, 0.1) is 11.7 Å². The molecule has 2 fully saturated rings. The minimum absolute atomic E-state index is 0.0152. The van der Waals surface area contributed by atoms with Crippen LogP contribution >= 0.6 is 0 Å². The van der Waals surface area contributed by atoms with E-state index in [4.69, 9.17) is 0 Å². The number of piperidine rings is 1. The van der Waals surface area contributed by atoms with E-state index in [0.717, 1.165) is 36.2 Å². The molecule has 6 heteroatoms. The van der Waals surface area contributed by atoms with Gasteiger partial charge < -0.3 is 10.2 Å². The molecule has 0 aromatic heterocycles. The summed E-state index contributed by atoms with van der Waals surface area (Å²) in [5.74, 6) is -0.572. The normalized spacial score (nSPS) is 19.3. The van der Waals surface area contributed by atoms with Gasteiger partial charge >= 0.3 is 0 Å². The zero-order valence-corrected chi connectivity index (χ0v) is 20.1. The van der Waals surface area contributed by atoms with E-state index in [1.807, 2.05) is 18.2 Å². The first-order chi connectivity index (χ1) is 16.5. The molecule has 1 aliphatic heterocycles. The number of carbonyl (C=O) groups excluding carboxylic acids is 2. The molecule has 2 aromatic rings. The van der Waals surface area contributed by atoms with Gasteiger partial charge in [0.15, 0.2) is 0 Å². The maximum Gasteiger partial charge on any atom is 0.229 e. The van der Waals surface area contributed by atoms with E-state index in [1.165, 1.54) is 44.2 Å². The Morgan fingerprint density at radius 1 is 1.00 bits per heavy atom. The molecule has 1 N–H and O–H groups in total. The third-order valence-corrected chi connectivity index (χ3v) is 7.31. The lowest BCUT2D eigenvalue weighted by Gasteiger charge is -2.33. The Balaban J connectivity index is 1.35. The first-order valence-corrected chi connectivity index (χ1v) is 12.6. The predicted octanol–water partition coefficient (Wildman–Crippen LogP) is 5.01. The van der Waals surface area contributed by atoms with Crippen LogP contribution in [-0.4, -0.2) is 47.8 Å². The van der Waals surface area contributed by atoms with Gasteiger partial charge in [0.05, 0.1) is 12.3 Å². The van der Waals surface area contributed by atoms with Crippen molar-refractivity contribution in [1.82, 2.24) is 9.80 Å². The lowest BCUT2D eigenvalue weighted by atomic mass is 9.94. The zero-order chi connectivity index (χ0) is 23.9. The van der Waals surface area contributed by atoms with Crippen molar-refractivity contribution < 1.29 is 14.0 Å². The van der Waals surface area contributed by atoms with Crippen molar-refractivity contribution in [2.45, 2.75) is 64.0 Å². The first-order valence-electron chi connectivity index (χ1n) is 12.6. The maximum atomic E-state index is 13.2. The monoisotopic (exact) mass is 465 g/mol. The van der Waals surface area contributed by atoms with Crippen LogP contribution in [0.25, 0.3) is 0 Å². The van der Waals surface area contributed by atoms with Gasteiger partial charge in [-0.05, 0) is 62.1 Å². The van der Waals surface area contributed by atoms with E-state index in [2.05, 4.69) is 23.3 Å². The Hall–Kier alpha value is -2.73. The number of amides is 2. The van der Waals surface area contributed by atoms with E-state index in [0.29, 0.717) is 19.1 Å². The van der Waals surface area contributed by atoms with E-state index in [1.54, 1.807) is 17.0 Å². The second-order valence-electron chi connectivity index (χ2n) is 9.84. The highest BCUT2D eigenvalue weighted by Gasteiger charge is 2.29. The lowest BCUT2D eigenvalue weighted by molar-refractivity contribution is -0.133. The Kier molecular flexibility index (Phi) is 8.33. The van der Waals surface area contributed by atoms with Crippen LogP contribution in [0.5, 0.6) is 0 Å². The van der Waals surface area contributed by atoms with Crippen LogP contribution in [0.1, 0.15) is 56.1 Å². The second kappa shape index (κ2) is 11.6. The molecule has 0 radical (unpaired) electrons. The smallest absolute Gasteiger partial charge is 0.229 e. The fraction of sp³-hybridized carbons (Fsp3) is 0.500. The molecular formula is C28H36FN3O2. The van der Waals surface area contributed by atoms with Crippen LogP contribution in [0.3, 0.4) is 0 Å². The summed E-state index contributed by atoms with van der Waals surface area (Å²) in [4.78, 5) is 30.2. The van der Waals surface area contributed by atoms with E-state index >= 15 is 0 Å². The number of rotatable bonds is 7.